The second-order valence-electron chi connectivity index (χ2n) is 7.01. The summed E-state index contributed by atoms with van der Waals surface area (Å²) in [6.07, 6.45) is 1.43. The van der Waals surface area contributed by atoms with Gasteiger partial charge < -0.3 is 14.8 Å². The minimum atomic E-state index is -0.329. The SMILES string of the molecule is CC(C)c1ccc(OCC(=O)NCC23CC(C#N)(CO2)C3)cc1. The Hall–Kier alpha value is -2.06. The Bertz CT molecular complexity index is 625. The van der Waals surface area contributed by atoms with Crippen LogP contribution >= 0.6 is 0 Å². The van der Waals surface area contributed by atoms with Gasteiger partial charge in [-0.05, 0) is 36.5 Å². The van der Waals surface area contributed by atoms with E-state index < -0.39 is 0 Å². The summed E-state index contributed by atoms with van der Waals surface area (Å²) in [7, 11) is 0. The van der Waals surface area contributed by atoms with Gasteiger partial charge in [-0.2, -0.15) is 5.26 Å². The molecule has 0 unspecified atom stereocenters. The normalized spacial score (nSPS) is 28.1. The van der Waals surface area contributed by atoms with Gasteiger partial charge in [0.05, 0.1) is 23.7 Å². The monoisotopic (exact) mass is 314 g/mol. The highest BCUT2D eigenvalue weighted by Crippen LogP contribution is 2.57. The van der Waals surface area contributed by atoms with Crippen LogP contribution in [0.5, 0.6) is 5.75 Å². The molecular formula is C18H22N2O3. The Morgan fingerprint density at radius 3 is 2.65 bits per heavy atom. The minimum absolute atomic E-state index is 0.0134. The summed E-state index contributed by atoms with van der Waals surface area (Å²) in [5.41, 5.74) is 0.606. The predicted octanol–water partition coefficient (Wildman–Crippen LogP) is 2.38. The van der Waals surface area contributed by atoms with E-state index in [1.165, 1.54) is 5.56 Å². The first kappa shape index (κ1) is 15.8. The molecule has 1 aromatic rings. The van der Waals surface area contributed by atoms with Crippen molar-refractivity contribution in [3.05, 3.63) is 29.8 Å². The van der Waals surface area contributed by atoms with Crippen LogP contribution in [-0.2, 0) is 9.53 Å². The first-order valence-electron chi connectivity index (χ1n) is 8.01. The van der Waals surface area contributed by atoms with Crippen molar-refractivity contribution in [2.45, 2.75) is 38.2 Å². The molecule has 1 aliphatic carbocycles. The molecule has 122 valence electrons. The molecule has 4 rings (SSSR count). The van der Waals surface area contributed by atoms with Crippen molar-refractivity contribution >= 4 is 5.91 Å². The van der Waals surface area contributed by atoms with Gasteiger partial charge >= 0.3 is 0 Å². The molecule has 0 radical (unpaired) electrons. The van der Waals surface area contributed by atoms with Crippen molar-refractivity contribution in [2.75, 3.05) is 19.8 Å². The lowest BCUT2D eigenvalue weighted by Gasteiger charge is -2.40. The van der Waals surface area contributed by atoms with Crippen molar-refractivity contribution in [1.29, 1.82) is 5.26 Å². The fraction of sp³-hybridized carbons (Fsp3) is 0.556. The van der Waals surface area contributed by atoms with E-state index in [2.05, 4.69) is 25.2 Å². The molecule has 0 spiro atoms. The van der Waals surface area contributed by atoms with E-state index in [1.54, 1.807) is 0 Å². The molecule has 1 amide bonds. The van der Waals surface area contributed by atoms with Gasteiger partial charge in [-0.15, -0.1) is 0 Å². The van der Waals surface area contributed by atoms with Gasteiger partial charge in [-0.1, -0.05) is 26.0 Å². The maximum atomic E-state index is 11.9. The van der Waals surface area contributed by atoms with E-state index in [1.807, 2.05) is 24.3 Å². The van der Waals surface area contributed by atoms with Crippen LogP contribution in [0.4, 0.5) is 0 Å². The predicted molar refractivity (Wildman–Crippen MR) is 85.0 cm³/mol. The van der Waals surface area contributed by atoms with E-state index in [4.69, 9.17) is 14.7 Å². The fourth-order valence-corrected chi connectivity index (χ4v) is 3.37. The number of benzene rings is 1. The second kappa shape index (κ2) is 5.86. The average molecular weight is 314 g/mol. The molecular weight excluding hydrogens is 292 g/mol. The number of ether oxygens (including phenoxy) is 2. The summed E-state index contributed by atoms with van der Waals surface area (Å²) in [5.74, 6) is 0.991. The summed E-state index contributed by atoms with van der Waals surface area (Å²) >= 11 is 0. The molecule has 2 bridgehead atoms. The molecule has 23 heavy (non-hydrogen) atoms. The summed E-state index contributed by atoms with van der Waals surface area (Å²) in [4.78, 5) is 11.9. The fourth-order valence-electron chi connectivity index (χ4n) is 3.37. The molecule has 2 heterocycles. The van der Waals surface area contributed by atoms with Crippen LogP contribution in [-0.4, -0.2) is 31.3 Å². The lowest BCUT2D eigenvalue weighted by atomic mass is 9.63. The molecule has 1 saturated carbocycles. The first-order valence-corrected chi connectivity index (χ1v) is 8.01. The number of nitriles is 1. The number of amides is 1. The van der Waals surface area contributed by atoms with E-state index in [-0.39, 0.29) is 23.5 Å². The highest BCUT2D eigenvalue weighted by atomic mass is 16.5. The third kappa shape index (κ3) is 3.18. The number of carbonyl (C=O) groups excluding carboxylic acids is 1. The number of nitrogens with zero attached hydrogens (tertiary/aromatic N) is 1. The molecule has 1 N–H and O–H groups in total. The van der Waals surface area contributed by atoms with Crippen molar-refractivity contribution < 1.29 is 14.3 Å². The van der Waals surface area contributed by atoms with Crippen LogP contribution < -0.4 is 10.1 Å². The summed E-state index contributed by atoms with van der Waals surface area (Å²) in [6.45, 7) is 5.19. The van der Waals surface area contributed by atoms with Crippen molar-refractivity contribution in [3.63, 3.8) is 0 Å². The minimum Gasteiger partial charge on any atom is -0.484 e. The van der Waals surface area contributed by atoms with Crippen molar-refractivity contribution in [1.82, 2.24) is 5.32 Å². The molecule has 1 aromatic carbocycles. The Kier molecular flexibility index (Phi) is 4.03. The Morgan fingerprint density at radius 1 is 1.39 bits per heavy atom. The number of hydrogen-bond donors (Lipinski definition) is 1. The summed E-state index contributed by atoms with van der Waals surface area (Å²) < 4.78 is 11.2. The van der Waals surface area contributed by atoms with Crippen LogP contribution in [0.25, 0.3) is 0 Å². The largest absolute Gasteiger partial charge is 0.484 e. The molecule has 0 aromatic heterocycles. The van der Waals surface area contributed by atoms with Crippen molar-refractivity contribution in [3.8, 4) is 11.8 Å². The van der Waals surface area contributed by atoms with E-state index in [0.717, 1.165) is 0 Å². The molecule has 2 saturated heterocycles. The molecule has 2 aliphatic heterocycles. The van der Waals surface area contributed by atoms with Crippen LogP contribution in [0.2, 0.25) is 0 Å². The number of nitrogens with one attached hydrogen (secondary N) is 1. The Labute approximate surface area is 136 Å². The molecule has 0 atom stereocenters. The maximum Gasteiger partial charge on any atom is 0.258 e. The van der Waals surface area contributed by atoms with Crippen molar-refractivity contribution in [2.24, 2.45) is 5.41 Å². The third-order valence-electron chi connectivity index (χ3n) is 4.74. The second-order valence-corrected chi connectivity index (χ2v) is 7.01. The number of hydrogen-bond acceptors (Lipinski definition) is 4. The topological polar surface area (TPSA) is 71.3 Å². The summed E-state index contributed by atoms with van der Waals surface area (Å²) in [5, 5.41) is 11.9. The summed E-state index contributed by atoms with van der Waals surface area (Å²) in [6, 6.07) is 10.1. The van der Waals surface area contributed by atoms with Gasteiger partial charge in [0.25, 0.3) is 5.91 Å². The number of fused-ring (bicyclic) bond motifs is 1. The molecule has 3 aliphatic rings. The van der Waals surface area contributed by atoms with Crippen LogP contribution in [0.3, 0.4) is 0 Å². The highest BCUT2D eigenvalue weighted by Gasteiger charge is 2.63. The van der Waals surface area contributed by atoms with Gasteiger partial charge in [-0.3, -0.25) is 4.79 Å². The number of rotatable bonds is 6. The van der Waals surface area contributed by atoms with E-state index in [9.17, 15) is 4.79 Å². The molecule has 5 nitrogen and oxygen atoms in total. The van der Waals surface area contributed by atoms with Gasteiger partial charge in [0.15, 0.2) is 6.61 Å². The first-order chi connectivity index (χ1) is 11.0. The lowest BCUT2D eigenvalue weighted by molar-refractivity contribution is -0.124. The van der Waals surface area contributed by atoms with Gasteiger partial charge in [-0.25, -0.2) is 0 Å². The zero-order valence-corrected chi connectivity index (χ0v) is 13.6. The van der Waals surface area contributed by atoms with Crippen LogP contribution in [0.15, 0.2) is 24.3 Å². The third-order valence-corrected chi connectivity index (χ3v) is 4.74. The molecule has 5 heteroatoms. The standard InChI is InChI=1S/C18H22N2O3/c1-13(2)14-3-5-15(6-4-14)22-7-16(21)20-11-18-8-17(9-18,10-19)12-23-18/h3-6,13H,7-9,11-12H2,1-2H3,(H,20,21). The van der Waals surface area contributed by atoms with Gasteiger partial charge in [0, 0.05) is 6.54 Å². The Morgan fingerprint density at radius 2 is 2.09 bits per heavy atom. The quantitative estimate of drug-likeness (QED) is 0.875. The van der Waals surface area contributed by atoms with E-state index in [0.29, 0.717) is 37.7 Å². The van der Waals surface area contributed by atoms with Gasteiger partial charge in [0.2, 0.25) is 0 Å². The zero-order valence-electron chi connectivity index (χ0n) is 13.6. The van der Waals surface area contributed by atoms with Crippen LogP contribution in [0, 0.1) is 16.7 Å². The molecule has 3 fully saturated rings. The Balaban J connectivity index is 1.41. The van der Waals surface area contributed by atoms with E-state index >= 15 is 0 Å². The smallest absolute Gasteiger partial charge is 0.258 e. The van der Waals surface area contributed by atoms with Crippen LogP contribution in [0.1, 0.15) is 38.2 Å². The zero-order chi connectivity index (χ0) is 16.5. The van der Waals surface area contributed by atoms with Gasteiger partial charge in [0.1, 0.15) is 5.75 Å². The number of carbonyl (C=O) groups is 1. The maximum absolute atomic E-state index is 11.9. The lowest BCUT2D eigenvalue weighted by Crippen LogP contribution is -2.51. The average Bonchev–Trinajstić information content (AvgIpc) is 3.07. The highest BCUT2D eigenvalue weighted by molar-refractivity contribution is 5.77.